The maximum Gasteiger partial charge on any atom is 0.320 e. The maximum absolute atomic E-state index is 12.5. The van der Waals surface area contributed by atoms with Crippen molar-refractivity contribution in [1.82, 2.24) is 4.90 Å². The number of esters is 4. The lowest BCUT2D eigenvalue weighted by atomic mass is 9.68. The number of carbonyl (C=O) groups excluding carboxylic acids is 4. The summed E-state index contributed by atoms with van der Waals surface area (Å²) in [5.74, 6) is -9.69. The summed E-state index contributed by atoms with van der Waals surface area (Å²) in [5.41, 5.74) is -0.0515. The molecule has 29 heavy (non-hydrogen) atoms. The van der Waals surface area contributed by atoms with Gasteiger partial charge < -0.3 is 28.6 Å². The van der Waals surface area contributed by atoms with Crippen molar-refractivity contribution in [2.75, 3.05) is 42.6 Å². The van der Waals surface area contributed by atoms with Gasteiger partial charge in [0.05, 0.1) is 40.1 Å². The van der Waals surface area contributed by atoms with Crippen LogP contribution in [0.25, 0.3) is 0 Å². The average Bonchev–Trinajstić information content (AvgIpc) is 2.73. The first-order valence-corrected chi connectivity index (χ1v) is 8.41. The predicted molar refractivity (Wildman–Crippen MR) is 94.3 cm³/mol. The number of carbonyl (C=O) groups is 4. The van der Waals surface area contributed by atoms with Crippen LogP contribution < -0.4 is 0 Å². The average molecular weight is 412 g/mol. The molecule has 1 heterocycles. The zero-order chi connectivity index (χ0) is 22.3. The van der Waals surface area contributed by atoms with Gasteiger partial charge in [0.2, 0.25) is 0 Å². The summed E-state index contributed by atoms with van der Waals surface area (Å²) >= 11 is 0. The second-order valence-corrected chi connectivity index (χ2v) is 6.14. The van der Waals surface area contributed by atoms with Crippen LogP contribution in [0.15, 0.2) is 11.8 Å². The van der Waals surface area contributed by atoms with Crippen molar-refractivity contribution >= 4 is 23.9 Å². The number of hydrogen-bond acceptors (Lipinski definition) is 11. The fourth-order valence-corrected chi connectivity index (χ4v) is 3.54. The first-order valence-electron chi connectivity index (χ1n) is 8.41. The molecule has 11 nitrogen and oxygen atoms in total. The minimum Gasteiger partial charge on any atom is -0.468 e. The Morgan fingerprint density at radius 3 is 1.66 bits per heavy atom. The first-order chi connectivity index (χ1) is 13.7. The molecule has 0 aliphatic carbocycles. The summed E-state index contributed by atoms with van der Waals surface area (Å²) in [6, 6.07) is 1.91. The smallest absolute Gasteiger partial charge is 0.320 e. The van der Waals surface area contributed by atoms with Crippen molar-refractivity contribution < 1.29 is 42.9 Å². The summed E-state index contributed by atoms with van der Waals surface area (Å²) in [4.78, 5) is 51.3. The van der Waals surface area contributed by atoms with Gasteiger partial charge in [-0.1, -0.05) is 0 Å². The van der Waals surface area contributed by atoms with E-state index in [9.17, 15) is 24.4 Å². The Labute approximate surface area is 168 Å². The van der Waals surface area contributed by atoms with E-state index in [4.69, 9.17) is 23.7 Å². The Kier molecular flexibility index (Phi) is 8.59. The molecule has 0 amide bonds. The van der Waals surface area contributed by atoms with E-state index in [1.54, 1.807) is 7.05 Å². The van der Waals surface area contributed by atoms with Gasteiger partial charge in [0.25, 0.3) is 0 Å². The lowest BCUT2D eigenvalue weighted by Gasteiger charge is -2.44. The first kappa shape index (κ1) is 23.9. The molecule has 0 fully saturated rings. The molecule has 1 aliphatic heterocycles. The third-order valence-corrected chi connectivity index (χ3v) is 4.78. The van der Waals surface area contributed by atoms with Crippen LogP contribution in [0, 0.1) is 35.0 Å². The Hall–Kier alpha value is -3.13. The van der Waals surface area contributed by atoms with Crippen LogP contribution in [0.4, 0.5) is 0 Å². The summed E-state index contributed by atoms with van der Waals surface area (Å²) in [6.07, 6.45) is 0.372. The molecule has 0 aromatic heterocycles. The lowest BCUT2D eigenvalue weighted by Crippen LogP contribution is -2.55. The number of nitriles is 1. The second kappa shape index (κ2) is 10.4. The van der Waals surface area contributed by atoms with E-state index in [0.717, 1.165) is 28.4 Å². The van der Waals surface area contributed by atoms with Crippen LogP contribution in [0.3, 0.4) is 0 Å². The number of nitrogens with zero attached hydrogens (tertiary/aromatic N) is 2. The molecule has 0 unspecified atom stereocenters. The van der Waals surface area contributed by atoms with Crippen LogP contribution in [0.5, 0.6) is 0 Å². The van der Waals surface area contributed by atoms with Crippen LogP contribution in [-0.2, 0) is 42.9 Å². The van der Waals surface area contributed by atoms with Crippen LogP contribution in [0.1, 0.15) is 0 Å². The molecule has 0 aromatic carbocycles. The highest BCUT2D eigenvalue weighted by Crippen LogP contribution is 2.43. The van der Waals surface area contributed by atoms with Crippen molar-refractivity contribution in [2.45, 2.75) is 6.23 Å². The summed E-state index contributed by atoms with van der Waals surface area (Å²) in [6.45, 7) is 0. The highest BCUT2D eigenvalue weighted by atomic mass is 16.6. The number of allylic oxidation sites excluding steroid dienone is 1. The van der Waals surface area contributed by atoms with E-state index >= 15 is 0 Å². The van der Waals surface area contributed by atoms with Crippen molar-refractivity contribution in [3.8, 4) is 6.07 Å². The van der Waals surface area contributed by atoms with E-state index in [0.29, 0.717) is 0 Å². The molecular formula is C18H24N2O9. The lowest BCUT2D eigenvalue weighted by molar-refractivity contribution is -0.179. The molecule has 11 heteroatoms. The van der Waals surface area contributed by atoms with Gasteiger partial charge in [-0.3, -0.25) is 19.2 Å². The standard InChI is InChI=1S/C18H24N2O9/c1-20-8-9(7-19)10(12(15(21)26-3)16(22)27-4)11(14(20)25-2)13(17(23)28-5)18(24)29-6/h8,10-14H,1-6H3/t10-,11-,14-/m1/s1. The Bertz CT molecular complexity index is 695. The molecule has 1 rings (SSSR count). The van der Waals surface area contributed by atoms with Gasteiger partial charge in [-0.25, -0.2) is 0 Å². The maximum atomic E-state index is 12.5. The fraction of sp³-hybridized carbons (Fsp3) is 0.611. The number of hydrogen-bond donors (Lipinski definition) is 0. The monoisotopic (exact) mass is 412 g/mol. The van der Waals surface area contributed by atoms with Gasteiger partial charge >= 0.3 is 23.9 Å². The van der Waals surface area contributed by atoms with Crippen molar-refractivity contribution in [3.63, 3.8) is 0 Å². The Balaban J connectivity index is 3.82. The van der Waals surface area contributed by atoms with E-state index in [1.165, 1.54) is 18.2 Å². The third kappa shape index (κ3) is 4.65. The second-order valence-electron chi connectivity index (χ2n) is 6.14. The topological polar surface area (TPSA) is 141 Å². The molecule has 0 N–H and O–H groups in total. The quantitative estimate of drug-likeness (QED) is 0.302. The zero-order valence-corrected chi connectivity index (χ0v) is 17.0. The van der Waals surface area contributed by atoms with Gasteiger partial charge in [-0.15, -0.1) is 0 Å². The molecule has 0 spiro atoms. The third-order valence-electron chi connectivity index (χ3n) is 4.78. The van der Waals surface area contributed by atoms with Crippen molar-refractivity contribution in [1.29, 1.82) is 5.26 Å². The Morgan fingerprint density at radius 2 is 1.31 bits per heavy atom. The normalized spacial score (nSPS) is 21.1. The van der Waals surface area contributed by atoms with E-state index in [2.05, 4.69) is 0 Å². The van der Waals surface area contributed by atoms with Gasteiger partial charge in [0, 0.05) is 32.2 Å². The minimum atomic E-state index is -1.64. The SMILES string of the molecule is COC(=O)C(C(=O)OC)[C@@H]1[C@@H](OC)N(C)C=C(C#N)[C@H]1C(C(=O)OC)C(=O)OC. The highest BCUT2D eigenvalue weighted by Gasteiger charge is 2.55. The zero-order valence-electron chi connectivity index (χ0n) is 17.0. The van der Waals surface area contributed by atoms with Gasteiger partial charge in [-0.2, -0.15) is 5.26 Å². The molecule has 0 aromatic rings. The molecule has 1 aliphatic rings. The number of methoxy groups -OCH3 is 5. The molecule has 0 radical (unpaired) electrons. The van der Waals surface area contributed by atoms with E-state index in [-0.39, 0.29) is 5.57 Å². The van der Waals surface area contributed by atoms with Gasteiger partial charge in [0.1, 0.15) is 6.23 Å². The van der Waals surface area contributed by atoms with Gasteiger partial charge in [-0.05, 0) is 0 Å². The summed E-state index contributed by atoms with van der Waals surface area (Å²) in [7, 11) is 7.12. The van der Waals surface area contributed by atoms with Crippen LogP contribution in [0.2, 0.25) is 0 Å². The Morgan fingerprint density at radius 1 is 0.897 bits per heavy atom. The van der Waals surface area contributed by atoms with Crippen molar-refractivity contribution in [2.24, 2.45) is 23.7 Å². The molecule has 3 atom stereocenters. The summed E-state index contributed by atoms with van der Waals surface area (Å²) in [5, 5.41) is 9.66. The highest BCUT2D eigenvalue weighted by molar-refractivity contribution is 5.98. The van der Waals surface area contributed by atoms with Gasteiger partial charge in [0.15, 0.2) is 11.8 Å². The number of ether oxygens (including phenoxy) is 5. The largest absolute Gasteiger partial charge is 0.468 e. The fourth-order valence-electron chi connectivity index (χ4n) is 3.54. The van der Waals surface area contributed by atoms with E-state index < -0.39 is 53.8 Å². The minimum absolute atomic E-state index is 0.0515. The molecule has 0 saturated heterocycles. The molecule has 0 saturated carbocycles. The van der Waals surface area contributed by atoms with Crippen LogP contribution in [-0.4, -0.2) is 77.6 Å². The molecular weight excluding hydrogens is 388 g/mol. The summed E-state index contributed by atoms with van der Waals surface area (Å²) < 4.78 is 24.3. The van der Waals surface area contributed by atoms with Crippen LogP contribution >= 0.6 is 0 Å². The molecule has 0 bridgehead atoms. The van der Waals surface area contributed by atoms with Crippen molar-refractivity contribution in [3.05, 3.63) is 11.8 Å². The number of rotatable bonds is 7. The van der Waals surface area contributed by atoms with E-state index in [1.807, 2.05) is 6.07 Å². The predicted octanol–water partition coefficient (Wildman–Crippen LogP) is -0.531. The molecule has 160 valence electrons.